The first-order chi connectivity index (χ1) is 8.34. The summed E-state index contributed by atoms with van der Waals surface area (Å²) in [4.78, 5) is 13.1. The first-order valence-electron chi connectivity index (χ1n) is 5.51. The average Bonchev–Trinajstić information content (AvgIpc) is 2.39. The first-order valence-corrected chi connectivity index (χ1v) is 5.89. The highest BCUT2D eigenvalue weighted by Crippen LogP contribution is 2.23. The normalized spacial score (nSPS) is 14.4. The molecule has 17 heavy (non-hydrogen) atoms. The maximum absolute atomic E-state index is 6.09. The highest BCUT2D eigenvalue weighted by atomic mass is 35.5. The smallest absolute Gasteiger partial charge is 0.179 e. The molecule has 0 unspecified atom stereocenters. The van der Waals surface area contributed by atoms with Crippen LogP contribution in [0.25, 0.3) is 11.5 Å². The van der Waals surface area contributed by atoms with Gasteiger partial charge in [0.05, 0.1) is 10.7 Å². The van der Waals surface area contributed by atoms with E-state index >= 15 is 0 Å². The lowest BCUT2D eigenvalue weighted by molar-refractivity contribution is 0.626. The number of pyridine rings is 1. The van der Waals surface area contributed by atoms with E-state index in [4.69, 9.17) is 11.6 Å². The Morgan fingerprint density at radius 1 is 1.29 bits per heavy atom. The van der Waals surface area contributed by atoms with Crippen LogP contribution >= 0.6 is 11.6 Å². The van der Waals surface area contributed by atoms with E-state index in [9.17, 15) is 0 Å². The second kappa shape index (κ2) is 4.39. The monoisotopic (exact) mass is 246 g/mol. The zero-order chi connectivity index (χ0) is 11.7. The van der Waals surface area contributed by atoms with Crippen molar-refractivity contribution in [1.82, 2.24) is 20.3 Å². The summed E-state index contributed by atoms with van der Waals surface area (Å²) < 4.78 is 0. The topological polar surface area (TPSA) is 50.7 Å². The van der Waals surface area contributed by atoms with Gasteiger partial charge < -0.3 is 5.32 Å². The standard InChI is InChI=1S/C12H11ClN4/c13-9-2-1-4-15-11(9)12-16-7-8-6-14-5-3-10(8)17-12/h1-2,4,7,14H,3,5-6H2. The van der Waals surface area contributed by atoms with Gasteiger partial charge in [0.2, 0.25) is 0 Å². The maximum atomic E-state index is 6.09. The zero-order valence-electron chi connectivity index (χ0n) is 9.15. The SMILES string of the molecule is Clc1cccnc1-c1ncc2c(n1)CCNC2. The van der Waals surface area contributed by atoms with Crippen LogP contribution in [0.5, 0.6) is 0 Å². The predicted molar refractivity (Wildman–Crippen MR) is 65.7 cm³/mol. The lowest BCUT2D eigenvalue weighted by Crippen LogP contribution is -2.25. The van der Waals surface area contributed by atoms with E-state index in [0.717, 1.165) is 30.8 Å². The van der Waals surface area contributed by atoms with E-state index in [1.807, 2.05) is 6.20 Å². The third-order valence-corrected chi connectivity index (χ3v) is 3.08. The molecule has 3 heterocycles. The summed E-state index contributed by atoms with van der Waals surface area (Å²) in [6.45, 7) is 1.80. The van der Waals surface area contributed by atoms with Gasteiger partial charge in [0.15, 0.2) is 5.82 Å². The summed E-state index contributed by atoms with van der Waals surface area (Å²) in [5.41, 5.74) is 2.90. The van der Waals surface area contributed by atoms with Crippen LogP contribution in [-0.4, -0.2) is 21.5 Å². The molecule has 0 saturated heterocycles. The van der Waals surface area contributed by atoms with Crippen molar-refractivity contribution in [3.63, 3.8) is 0 Å². The van der Waals surface area contributed by atoms with Crippen molar-refractivity contribution in [2.45, 2.75) is 13.0 Å². The van der Waals surface area contributed by atoms with Crippen LogP contribution in [0.4, 0.5) is 0 Å². The van der Waals surface area contributed by atoms with Gasteiger partial charge >= 0.3 is 0 Å². The van der Waals surface area contributed by atoms with Gasteiger partial charge in [-0.05, 0) is 12.1 Å². The Hall–Kier alpha value is -1.52. The van der Waals surface area contributed by atoms with E-state index in [0.29, 0.717) is 16.5 Å². The van der Waals surface area contributed by atoms with E-state index < -0.39 is 0 Å². The van der Waals surface area contributed by atoms with Crippen LogP contribution in [0.15, 0.2) is 24.5 Å². The minimum absolute atomic E-state index is 0.585. The number of aromatic nitrogens is 3. The lowest BCUT2D eigenvalue weighted by atomic mass is 10.1. The van der Waals surface area contributed by atoms with Crippen molar-refractivity contribution in [2.75, 3.05) is 6.54 Å². The van der Waals surface area contributed by atoms with Gasteiger partial charge in [-0.1, -0.05) is 11.6 Å². The number of fused-ring (bicyclic) bond motifs is 1. The number of halogens is 1. The zero-order valence-corrected chi connectivity index (χ0v) is 9.91. The van der Waals surface area contributed by atoms with Gasteiger partial charge in [-0.15, -0.1) is 0 Å². The molecule has 2 aromatic rings. The second-order valence-electron chi connectivity index (χ2n) is 3.93. The highest BCUT2D eigenvalue weighted by molar-refractivity contribution is 6.32. The molecule has 1 aliphatic rings. The molecule has 0 aliphatic carbocycles. The fourth-order valence-electron chi connectivity index (χ4n) is 1.90. The van der Waals surface area contributed by atoms with Crippen molar-refractivity contribution >= 4 is 11.6 Å². The van der Waals surface area contributed by atoms with Crippen molar-refractivity contribution in [2.24, 2.45) is 0 Å². The Balaban J connectivity index is 2.07. The van der Waals surface area contributed by atoms with Crippen molar-refractivity contribution in [3.8, 4) is 11.5 Å². The number of nitrogens with one attached hydrogen (secondary N) is 1. The molecule has 0 atom stereocenters. The maximum Gasteiger partial charge on any atom is 0.179 e. The highest BCUT2D eigenvalue weighted by Gasteiger charge is 2.14. The molecule has 0 bridgehead atoms. The molecule has 0 amide bonds. The largest absolute Gasteiger partial charge is 0.312 e. The molecule has 4 nitrogen and oxygen atoms in total. The van der Waals surface area contributed by atoms with Gasteiger partial charge in [0.1, 0.15) is 5.69 Å². The summed E-state index contributed by atoms with van der Waals surface area (Å²) in [6, 6.07) is 3.60. The van der Waals surface area contributed by atoms with Crippen molar-refractivity contribution in [3.05, 3.63) is 40.8 Å². The molecule has 86 valence electrons. The molecule has 0 fully saturated rings. The van der Waals surface area contributed by atoms with E-state index in [1.165, 1.54) is 0 Å². The molecule has 0 radical (unpaired) electrons. The van der Waals surface area contributed by atoms with Gasteiger partial charge in [-0.25, -0.2) is 9.97 Å². The Bertz CT molecular complexity index is 556. The fraction of sp³-hybridized carbons (Fsp3) is 0.250. The van der Waals surface area contributed by atoms with Crippen LogP contribution in [0.2, 0.25) is 5.02 Å². The summed E-state index contributed by atoms with van der Waals surface area (Å²) in [7, 11) is 0. The Kier molecular flexibility index (Phi) is 2.74. The minimum Gasteiger partial charge on any atom is -0.312 e. The number of rotatable bonds is 1. The molecule has 0 saturated carbocycles. The van der Waals surface area contributed by atoms with E-state index in [-0.39, 0.29) is 0 Å². The quantitative estimate of drug-likeness (QED) is 0.834. The third kappa shape index (κ3) is 2.01. The summed E-state index contributed by atoms with van der Waals surface area (Å²) >= 11 is 6.09. The Morgan fingerprint density at radius 2 is 2.24 bits per heavy atom. The lowest BCUT2D eigenvalue weighted by Gasteiger charge is -2.15. The number of hydrogen-bond acceptors (Lipinski definition) is 4. The van der Waals surface area contributed by atoms with Crippen LogP contribution in [-0.2, 0) is 13.0 Å². The van der Waals surface area contributed by atoms with E-state index in [1.54, 1.807) is 18.3 Å². The molecule has 1 N–H and O–H groups in total. The molecule has 3 rings (SSSR count). The molecule has 0 spiro atoms. The minimum atomic E-state index is 0.585. The Morgan fingerprint density at radius 3 is 3.12 bits per heavy atom. The molecule has 0 aromatic carbocycles. The summed E-state index contributed by atoms with van der Waals surface area (Å²) in [5.74, 6) is 0.608. The van der Waals surface area contributed by atoms with Crippen molar-refractivity contribution in [1.29, 1.82) is 0 Å². The first kappa shape index (κ1) is 10.6. The number of nitrogens with zero attached hydrogens (tertiary/aromatic N) is 3. The van der Waals surface area contributed by atoms with Gasteiger partial charge in [-0.3, -0.25) is 4.98 Å². The van der Waals surface area contributed by atoms with Crippen LogP contribution < -0.4 is 5.32 Å². The third-order valence-electron chi connectivity index (χ3n) is 2.78. The van der Waals surface area contributed by atoms with Crippen LogP contribution in [0.3, 0.4) is 0 Å². The molecular formula is C12H11ClN4. The fourth-order valence-corrected chi connectivity index (χ4v) is 2.11. The van der Waals surface area contributed by atoms with Crippen LogP contribution in [0, 0.1) is 0 Å². The van der Waals surface area contributed by atoms with Crippen molar-refractivity contribution < 1.29 is 0 Å². The summed E-state index contributed by atoms with van der Waals surface area (Å²) in [5, 5.41) is 3.87. The predicted octanol–water partition coefficient (Wildman–Crippen LogP) is 1.84. The van der Waals surface area contributed by atoms with Gasteiger partial charge in [0, 0.05) is 37.5 Å². The molecule has 1 aliphatic heterocycles. The molecular weight excluding hydrogens is 236 g/mol. The van der Waals surface area contributed by atoms with E-state index in [2.05, 4.69) is 20.3 Å². The van der Waals surface area contributed by atoms with Gasteiger partial charge in [-0.2, -0.15) is 0 Å². The average molecular weight is 247 g/mol. The second-order valence-corrected chi connectivity index (χ2v) is 4.33. The van der Waals surface area contributed by atoms with Gasteiger partial charge in [0.25, 0.3) is 0 Å². The van der Waals surface area contributed by atoms with Crippen LogP contribution in [0.1, 0.15) is 11.3 Å². The number of hydrogen-bond donors (Lipinski definition) is 1. The Labute approximate surface area is 104 Å². The molecule has 2 aromatic heterocycles. The molecule has 5 heteroatoms. The summed E-state index contributed by atoms with van der Waals surface area (Å²) in [6.07, 6.45) is 4.48.